The average Bonchev–Trinajstić information content (AvgIpc) is 2.27. The first kappa shape index (κ1) is 12.1. The Balaban J connectivity index is 2.37. The first-order valence-corrected chi connectivity index (χ1v) is 5.11. The second kappa shape index (κ2) is 6.52. The van der Waals surface area contributed by atoms with Crippen LogP contribution in [0.15, 0.2) is 30.3 Å². The van der Waals surface area contributed by atoms with E-state index < -0.39 is 6.16 Å². The molecule has 3 heteroatoms. The monoisotopic (exact) mass is 218 g/mol. The molecule has 16 heavy (non-hydrogen) atoms. The van der Waals surface area contributed by atoms with Gasteiger partial charge in [-0.15, -0.1) is 0 Å². The Hall–Kier alpha value is -1.95. The molecule has 0 fully saturated rings. The second-order valence-corrected chi connectivity index (χ2v) is 3.44. The number of benzene rings is 1. The van der Waals surface area contributed by atoms with E-state index in [0.717, 1.165) is 5.56 Å². The van der Waals surface area contributed by atoms with E-state index in [9.17, 15) is 4.79 Å². The lowest BCUT2D eigenvalue weighted by molar-refractivity contribution is 0.0887. The third kappa shape index (κ3) is 5.06. The van der Waals surface area contributed by atoms with Gasteiger partial charge in [0, 0.05) is 11.5 Å². The Labute approximate surface area is 95.1 Å². The molecule has 0 saturated carbocycles. The van der Waals surface area contributed by atoms with Crippen LogP contribution in [-0.2, 0) is 4.74 Å². The number of ether oxygens (including phenoxy) is 1. The topological polar surface area (TPSA) is 46.5 Å². The maximum absolute atomic E-state index is 10.1. The maximum atomic E-state index is 10.1. The SMILES string of the molecule is CC(C#Cc1ccccc1)CCOC(=O)O. The molecule has 0 spiro atoms. The van der Waals surface area contributed by atoms with E-state index in [1.54, 1.807) is 0 Å². The molecule has 1 aromatic rings. The summed E-state index contributed by atoms with van der Waals surface area (Å²) in [5.41, 5.74) is 0.966. The molecule has 1 atom stereocenters. The van der Waals surface area contributed by atoms with Crippen molar-refractivity contribution in [2.24, 2.45) is 5.92 Å². The van der Waals surface area contributed by atoms with Gasteiger partial charge in [0.15, 0.2) is 0 Å². The largest absolute Gasteiger partial charge is 0.505 e. The molecule has 1 N–H and O–H groups in total. The minimum absolute atomic E-state index is 0.125. The first-order valence-electron chi connectivity index (χ1n) is 5.11. The highest BCUT2D eigenvalue weighted by molar-refractivity contribution is 5.56. The minimum atomic E-state index is -1.23. The lowest BCUT2D eigenvalue weighted by Crippen LogP contribution is -2.04. The Morgan fingerprint density at radius 1 is 1.44 bits per heavy atom. The van der Waals surface area contributed by atoms with Crippen LogP contribution >= 0.6 is 0 Å². The number of hydrogen-bond donors (Lipinski definition) is 1. The first-order chi connectivity index (χ1) is 7.68. The van der Waals surface area contributed by atoms with Crippen LogP contribution in [0.4, 0.5) is 4.79 Å². The molecule has 0 aliphatic heterocycles. The van der Waals surface area contributed by atoms with Crippen molar-refractivity contribution >= 4 is 6.16 Å². The molecule has 0 aliphatic carbocycles. The van der Waals surface area contributed by atoms with Crippen LogP contribution in [0.1, 0.15) is 18.9 Å². The van der Waals surface area contributed by atoms with Crippen molar-refractivity contribution in [3.8, 4) is 11.8 Å². The molecule has 1 rings (SSSR count). The van der Waals surface area contributed by atoms with Crippen LogP contribution in [0.25, 0.3) is 0 Å². The van der Waals surface area contributed by atoms with Crippen molar-refractivity contribution in [3.63, 3.8) is 0 Å². The lowest BCUT2D eigenvalue weighted by Gasteiger charge is -2.02. The van der Waals surface area contributed by atoms with Gasteiger partial charge in [-0.2, -0.15) is 0 Å². The zero-order chi connectivity index (χ0) is 11.8. The number of rotatable bonds is 3. The van der Waals surface area contributed by atoms with Crippen molar-refractivity contribution in [2.75, 3.05) is 6.61 Å². The molecule has 84 valence electrons. The van der Waals surface area contributed by atoms with Crippen LogP contribution < -0.4 is 0 Å². The number of hydrogen-bond acceptors (Lipinski definition) is 2. The third-order valence-electron chi connectivity index (χ3n) is 2.01. The van der Waals surface area contributed by atoms with Crippen molar-refractivity contribution in [3.05, 3.63) is 35.9 Å². The van der Waals surface area contributed by atoms with Gasteiger partial charge in [-0.1, -0.05) is 37.0 Å². The fourth-order valence-corrected chi connectivity index (χ4v) is 1.12. The van der Waals surface area contributed by atoms with Crippen LogP contribution in [0.2, 0.25) is 0 Å². The second-order valence-electron chi connectivity index (χ2n) is 3.44. The summed E-state index contributed by atoms with van der Waals surface area (Å²) in [4.78, 5) is 10.1. The van der Waals surface area contributed by atoms with E-state index in [4.69, 9.17) is 5.11 Å². The van der Waals surface area contributed by atoms with E-state index in [1.807, 2.05) is 37.3 Å². The van der Waals surface area contributed by atoms with E-state index in [2.05, 4.69) is 16.6 Å². The number of carbonyl (C=O) groups is 1. The highest BCUT2D eigenvalue weighted by Gasteiger charge is 2.00. The van der Waals surface area contributed by atoms with E-state index in [-0.39, 0.29) is 12.5 Å². The molecule has 0 radical (unpaired) electrons. The molecule has 1 unspecified atom stereocenters. The van der Waals surface area contributed by atoms with Gasteiger partial charge >= 0.3 is 6.16 Å². The van der Waals surface area contributed by atoms with Crippen LogP contribution in [0.3, 0.4) is 0 Å². The standard InChI is InChI=1S/C13H14O3/c1-11(9-10-16-13(14)15)7-8-12-5-3-2-4-6-12/h2-6,11H,9-10H2,1H3,(H,14,15). The molecule has 0 aliphatic rings. The predicted molar refractivity (Wildman–Crippen MR) is 61.1 cm³/mol. The van der Waals surface area contributed by atoms with E-state index in [1.165, 1.54) is 0 Å². The van der Waals surface area contributed by atoms with Gasteiger partial charge in [0.1, 0.15) is 0 Å². The molecule has 1 aromatic carbocycles. The molecule has 0 aromatic heterocycles. The van der Waals surface area contributed by atoms with Gasteiger partial charge in [0.2, 0.25) is 0 Å². The molecule has 0 bridgehead atoms. The highest BCUT2D eigenvalue weighted by Crippen LogP contribution is 2.02. The Morgan fingerprint density at radius 3 is 2.75 bits per heavy atom. The van der Waals surface area contributed by atoms with E-state index in [0.29, 0.717) is 6.42 Å². The summed E-state index contributed by atoms with van der Waals surface area (Å²) < 4.78 is 4.41. The van der Waals surface area contributed by atoms with Gasteiger partial charge in [0.05, 0.1) is 6.61 Å². The van der Waals surface area contributed by atoms with Gasteiger partial charge < -0.3 is 9.84 Å². The third-order valence-corrected chi connectivity index (χ3v) is 2.01. The predicted octanol–water partition coefficient (Wildman–Crippen LogP) is 2.76. The van der Waals surface area contributed by atoms with Crippen molar-refractivity contribution in [2.45, 2.75) is 13.3 Å². The van der Waals surface area contributed by atoms with Gasteiger partial charge in [-0.05, 0) is 18.6 Å². The van der Waals surface area contributed by atoms with E-state index >= 15 is 0 Å². The van der Waals surface area contributed by atoms with Crippen molar-refractivity contribution in [1.82, 2.24) is 0 Å². The fourth-order valence-electron chi connectivity index (χ4n) is 1.12. The molecule has 0 heterocycles. The fraction of sp³-hybridized carbons (Fsp3) is 0.308. The summed E-state index contributed by atoms with van der Waals surface area (Å²) in [7, 11) is 0. The Morgan fingerprint density at radius 2 is 2.12 bits per heavy atom. The van der Waals surface area contributed by atoms with Gasteiger partial charge in [-0.25, -0.2) is 4.79 Å². The quantitative estimate of drug-likeness (QED) is 0.626. The van der Waals surface area contributed by atoms with Crippen molar-refractivity contribution < 1.29 is 14.6 Å². The molecular weight excluding hydrogens is 204 g/mol. The molecular formula is C13H14O3. The summed E-state index contributed by atoms with van der Waals surface area (Å²) in [5, 5.41) is 8.28. The normalized spacial score (nSPS) is 11.1. The summed E-state index contributed by atoms with van der Waals surface area (Å²) in [6.45, 7) is 2.14. The molecule has 3 nitrogen and oxygen atoms in total. The zero-order valence-electron chi connectivity index (χ0n) is 9.14. The van der Waals surface area contributed by atoms with Crippen LogP contribution in [-0.4, -0.2) is 17.9 Å². The van der Waals surface area contributed by atoms with Gasteiger partial charge in [0.25, 0.3) is 0 Å². The summed E-state index contributed by atoms with van der Waals surface area (Å²) in [6, 6.07) is 9.68. The molecule has 0 saturated heterocycles. The molecule has 0 amide bonds. The maximum Gasteiger partial charge on any atom is 0.505 e. The minimum Gasteiger partial charge on any atom is -0.450 e. The zero-order valence-corrected chi connectivity index (χ0v) is 9.14. The smallest absolute Gasteiger partial charge is 0.450 e. The Kier molecular flexibility index (Phi) is 4.94. The number of carboxylic acid groups (broad SMARTS) is 1. The van der Waals surface area contributed by atoms with Gasteiger partial charge in [-0.3, -0.25) is 0 Å². The van der Waals surface area contributed by atoms with Crippen LogP contribution in [0, 0.1) is 17.8 Å². The highest BCUT2D eigenvalue weighted by atomic mass is 16.7. The average molecular weight is 218 g/mol. The lowest BCUT2D eigenvalue weighted by atomic mass is 10.1. The Bertz CT molecular complexity index is 387. The summed E-state index contributed by atoms with van der Waals surface area (Å²) in [5.74, 6) is 6.20. The summed E-state index contributed by atoms with van der Waals surface area (Å²) in [6.07, 6.45) is -0.616. The summed E-state index contributed by atoms with van der Waals surface area (Å²) >= 11 is 0. The van der Waals surface area contributed by atoms with Crippen molar-refractivity contribution in [1.29, 1.82) is 0 Å². The van der Waals surface area contributed by atoms with Crippen LogP contribution in [0.5, 0.6) is 0 Å².